The average molecular weight is 509 g/mol. The van der Waals surface area contributed by atoms with E-state index in [-0.39, 0.29) is 41.9 Å². The van der Waals surface area contributed by atoms with Crippen molar-refractivity contribution in [3.8, 4) is 23.1 Å². The minimum Gasteiger partial charge on any atom is -0.483 e. The van der Waals surface area contributed by atoms with Gasteiger partial charge in [-0.1, -0.05) is 0 Å². The van der Waals surface area contributed by atoms with Crippen LogP contribution in [0, 0.1) is 24.2 Å². The average Bonchev–Trinajstić information content (AvgIpc) is 3.65. The maximum atomic E-state index is 15.0. The molecule has 1 saturated heterocycles. The van der Waals surface area contributed by atoms with Crippen molar-refractivity contribution < 1.29 is 28.1 Å². The summed E-state index contributed by atoms with van der Waals surface area (Å²) in [7, 11) is 0. The number of anilines is 1. The lowest BCUT2D eigenvalue weighted by molar-refractivity contribution is -0.365. The first-order valence-corrected chi connectivity index (χ1v) is 11.7. The number of H-pyrrole nitrogens is 2. The molecule has 1 atom stereocenters. The number of halogens is 2. The summed E-state index contributed by atoms with van der Waals surface area (Å²) >= 11 is 0. The van der Waals surface area contributed by atoms with E-state index in [2.05, 4.69) is 30.5 Å². The highest BCUT2D eigenvalue weighted by Gasteiger charge is 2.48. The van der Waals surface area contributed by atoms with Crippen molar-refractivity contribution in [2.24, 2.45) is 5.92 Å². The zero-order valence-corrected chi connectivity index (χ0v) is 19.8. The van der Waals surface area contributed by atoms with Gasteiger partial charge in [0.1, 0.15) is 17.6 Å². The second kappa shape index (κ2) is 9.53. The third-order valence-electron chi connectivity index (χ3n) is 6.19. The normalized spacial score (nSPS) is 18.6. The van der Waals surface area contributed by atoms with Gasteiger partial charge in [-0.3, -0.25) is 14.7 Å². The Bertz CT molecular complexity index is 1400. The topological polar surface area (TPSA) is 151 Å². The Labute approximate surface area is 209 Å². The number of amides is 2. The fourth-order valence-corrected chi connectivity index (χ4v) is 4.05. The Balaban J connectivity index is 1.29. The van der Waals surface area contributed by atoms with Gasteiger partial charge in [-0.15, -0.1) is 10.1 Å². The molecule has 2 aromatic heterocycles. The number of likely N-dealkylation sites (tertiary alicyclic amines) is 1. The van der Waals surface area contributed by atoms with Crippen LogP contribution in [0.15, 0.2) is 30.6 Å². The molecule has 3 aromatic rings. The van der Waals surface area contributed by atoms with Crippen molar-refractivity contribution in [2.75, 3.05) is 18.4 Å². The minimum absolute atomic E-state index is 0.00467. The van der Waals surface area contributed by atoms with E-state index in [1.807, 2.05) is 6.07 Å². The lowest BCUT2D eigenvalue weighted by Crippen LogP contribution is -2.55. The van der Waals surface area contributed by atoms with Gasteiger partial charge >= 0.3 is 5.92 Å². The number of carbonyl (C=O) groups is 2. The number of carbonyl (C=O) groups excluding carboxylic acids is 2. The van der Waals surface area contributed by atoms with E-state index in [9.17, 15) is 23.6 Å². The van der Waals surface area contributed by atoms with Crippen LogP contribution in [-0.2, 0) is 4.79 Å². The van der Waals surface area contributed by atoms with Crippen LogP contribution in [0.1, 0.15) is 41.3 Å². The van der Waals surface area contributed by atoms with Crippen molar-refractivity contribution in [1.29, 1.82) is 5.26 Å². The molecular formula is C24H23F2N8O3+. The summed E-state index contributed by atoms with van der Waals surface area (Å²) < 4.78 is 35.6. The minimum atomic E-state index is -3.36. The van der Waals surface area contributed by atoms with Gasteiger partial charge in [-0.2, -0.15) is 5.26 Å². The number of piperidine rings is 1. The number of ether oxygens (including phenoxy) is 1. The number of benzene rings is 1. The molecule has 2 fully saturated rings. The monoisotopic (exact) mass is 509 g/mol. The molecule has 13 heteroatoms. The molecule has 2 aliphatic rings. The molecule has 190 valence electrons. The van der Waals surface area contributed by atoms with Crippen LogP contribution in [-0.4, -0.2) is 62.0 Å². The molecule has 5 rings (SSSR count). The predicted octanol–water partition coefficient (Wildman–Crippen LogP) is 2.14. The van der Waals surface area contributed by atoms with E-state index in [1.54, 1.807) is 19.1 Å². The third-order valence-corrected chi connectivity index (χ3v) is 6.19. The van der Waals surface area contributed by atoms with Crippen molar-refractivity contribution in [3.63, 3.8) is 0 Å². The summed E-state index contributed by atoms with van der Waals surface area (Å²) in [4.78, 5) is 36.5. The van der Waals surface area contributed by atoms with E-state index in [0.717, 1.165) is 17.7 Å². The number of alkyl halides is 2. The molecule has 0 unspecified atom stereocenters. The second-order valence-electron chi connectivity index (χ2n) is 9.06. The second-order valence-corrected chi connectivity index (χ2v) is 9.06. The van der Waals surface area contributed by atoms with Crippen LogP contribution in [0.5, 0.6) is 5.75 Å². The Kier molecular flexibility index (Phi) is 6.24. The first kappa shape index (κ1) is 24.2. The van der Waals surface area contributed by atoms with Crippen LogP contribution in [0.4, 0.5) is 14.6 Å². The van der Waals surface area contributed by atoms with Crippen molar-refractivity contribution in [2.45, 2.75) is 38.2 Å². The molecular weight excluding hydrogens is 486 g/mol. The van der Waals surface area contributed by atoms with Crippen molar-refractivity contribution in [3.05, 3.63) is 47.8 Å². The molecule has 0 radical (unpaired) electrons. The number of nitrogens with zero attached hydrogens (tertiary/aromatic N) is 5. The predicted molar refractivity (Wildman–Crippen MR) is 123 cm³/mol. The number of aromatic nitrogens is 5. The van der Waals surface area contributed by atoms with Crippen molar-refractivity contribution >= 4 is 17.6 Å². The summed E-state index contributed by atoms with van der Waals surface area (Å²) in [6.07, 6.45) is 1.48. The molecule has 1 aliphatic heterocycles. The van der Waals surface area contributed by atoms with E-state index in [4.69, 9.17) is 4.74 Å². The zero-order chi connectivity index (χ0) is 26.2. The lowest BCUT2D eigenvalue weighted by atomic mass is 10.0. The smallest absolute Gasteiger partial charge is 0.301 e. The van der Waals surface area contributed by atoms with Gasteiger partial charge in [0.05, 0.1) is 24.1 Å². The molecule has 3 heterocycles. The summed E-state index contributed by atoms with van der Waals surface area (Å²) in [5.74, 6) is -3.39. The molecule has 37 heavy (non-hydrogen) atoms. The van der Waals surface area contributed by atoms with Crippen LogP contribution in [0.25, 0.3) is 11.3 Å². The zero-order valence-electron chi connectivity index (χ0n) is 19.8. The Hall–Kier alpha value is -4.47. The maximum Gasteiger partial charge on any atom is 0.301 e. The first-order chi connectivity index (χ1) is 17.7. The van der Waals surface area contributed by atoms with Crippen LogP contribution >= 0.6 is 0 Å². The van der Waals surface area contributed by atoms with Gasteiger partial charge in [0.15, 0.2) is 11.8 Å². The van der Waals surface area contributed by atoms with Gasteiger partial charge < -0.3 is 9.64 Å². The SMILES string of the molecule is Cc1nc(C(=O)N2CC[C@H](Oc3ccc(-c4cc(NC(=O)C5CC5)[nH+]cn4)cc3C#N)C(F)(F)C2)n[nH]1. The van der Waals surface area contributed by atoms with Crippen LogP contribution < -0.4 is 15.0 Å². The third kappa shape index (κ3) is 5.23. The molecule has 1 saturated carbocycles. The number of rotatable bonds is 6. The molecule has 11 nitrogen and oxygen atoms in total. The summed E-state index contributed by atoms with van der Waals surface area (Å²) in [6, 6.07) is 8.16. The summed E-state index contributed by atoms with van der Waals surface area (Å²) in [5.41, 5.74) is 1.09. The van der Waals surface area contributed by atoms with Gasteiger partial charge in [0.25, 0.3) is 11.8 Å². The molecule has 0 spiro atoms. The van der Waals surface area contributed by atoms with Crippen LogP contribution in [0.3, 0.4) is 0 Å². The van der Waals surface area contributed by atoms with Gasteiger partial charge in [0.2, 0.25) is 18.0 Å². The lowest BCUT2D eigenvalue weighted by Gasteiger charge is -2.37. The van der Waals surface area contributed by atoms with Gasteiger partial charge in [-0.05, 0) is 38.0 Å². The molecule has 2 amide bonds. The summed E-state index contributed by atoms with van der Waals surface area (Å²) in [6.45, 7) is 0.769. The van der Waals surface area contributed by atoms with E-state index in [0.29, 0.717) is 22.9 Å². The maximum absolute atomic E-state index is 15.0. The van der Waals surface area contributed by atoms with Crippen molar-refractivity contribution in [1.82, 2.24) is 25.1 Å². The Morgan fingerprint density at radius 1 is 1.30 bits per heavy atom. The Morgan fingerprint density at radius 2 is 2.11 bits per heavy atom. The highest BCUT2D eigenvalue weighted by Crippen LogP contribution is 2.34. The molecule has 3 N–H and O–H groups in total. The first-order valence-electron chi connectivity index (χ1n) is 11.7. The fraction of sp³-hybridized carbons (Fsp3) is 0.375. The number of hydrogen-bond donors (Lipinski definition) is 2. The Morgan fingerprint density at radius 3 is 2.78 bits per heavy atom. The summed E-state index contributed by atoms with van der Waals surface area (Å²) in [5, 5.41) is 18.7. The fourth-order valence-electron chi connectivity index (χ4n) is 4.05. The van der Waals surface area contributed by atoms with Crippen LogP contribution in [0.2, 0.25) is 0 Å². The molecule has 0 bridgehead atoms. The highest BCUT2D eigenvalue weighted by atomic mass is 19.3. The highest BCUT2D eigenvalue weighted by molar-refractivity contribution is 5.93. The number of nitrogens with one attached hydrogen (secondary N) is 3. The largest absolute Gasteiger partial charge is 0.483 e. The number of aromatic amines is 2. The quantitative estimate of drug-likeness (QED) is 0.517. The molecule has 1 aromatic carbocycles. The van der Waals surface area contributed by atoms with E-state index in [1.165, 1.54) is 18.5 Å². The standard InChI is InChI=1S/C24H22F2N8O3/c1-13-30-21(33-32-13)23(36)34-7-6-19(24(25,26)11-34)37-18-5-4-15(8-16(18)10-27)17-9-20(29-12-28-17)31-22(35)14-2-3-14/h4-5,8-9,12,14,19H,2-3,6-7,11H2,1H3,(H,30,32,33)(H,28,29,31,35)/p+1/t19-/m0/s1. The number of hydrogen-bond acceptors (Lipinski definition) is 7. The van der Waals surface area contributed by atoms with E-state index < -0.39 is 24.5 Å². The van der Waals surface area contributed by atoms with E-state index >= 15 is 0 Å². The molecule has 1 aliphatic carbocycles. The van der Waals surface area contributed by atoms with Gasteiger partial charge in [-0.25, -0.2) is 24.1 Å². The van der Waals surface area contributed by atoms with Gasteiger partial charge in [0, 0.05) is 18.5 Å². The number of nitriles is 1. The number of aryl methyl sites for hydroxylation is 1.